The SMILES string of the molecule is CO[C@@H](C)/C(=N/OC(C)(C)C)[C@@H](O)[C@@H](C)O. The van der Waals surface area contributed by atoms with Crippen LogP contribution < -0.4 is 0 Å². The molecule has 2 N–H and O–H groups in total. The molecule has 0 radical (unpaired) electrons. The molecule has 16 heavy (non-hydrogen) atoms. The van der Waals surface area contributed by atoms with Crippen molar-refractivity contribution in [3.8, 4) is 0 Å². The maximum atomic E-state index is 9.74. The molecule has 5 heteroatoms. The van der Waals surface area contributed by atoms with Gasteiger partial charge in [-0.05, 0) is 34.6 Å². The number of aliphatic hydroxyl groups is 2. The summed E-state index contributed by atoms with van der Waals surface area (Å²) < 4.78 is 5.07. The molecule has 0 aliphatic heterocycles. The van der Waals surface area contributed by atoms with Gasteiger partial charge in [0, 0.05) is 7.11 Å². The fourth-order valence-electron chi connectivity index (χ4n) is 0.926. The molecule has 0 spiro atoms. The third-order valence-electron chi connectivity index (χ3n) is 1.95. The number of ether oxygens (including phenoxy) is 1. The van der Waals surface area contributed by atoms with Crippen molar-refractivity contribution in [3.63, 3.8) is 0 Å². The molecule has 3 atom stereocenters. The van der Waals surface area contributed by atoms with Crippen LogP contribution in [-0.4, -0.2) is 46.9 Å². The van der Waals surface area contributed by atoms with E-state index in [4.69, 9.17) is 9.57 Å². The van der Waals surface area contributed by atoms with Crippen molar-refractivity contribution >= 4 is 5.71 Å². The second-order valence-electron chi connectivity index (χ2n) is 4.78. The maximum absolute atomic E-state index is 9.74. The Morgan fingerprint density at radius 2 is 1.69 bits per heavy atom. The van der Waals surface area contributed by atoms with Gasteiger partial charge < -0.3 is 19.8 Å². The summed E-state index contributed by atoms with van der Waals surface area (Å²) in [5, 5.41) is 22.9. The zero-order valence-corrected chi connectivity index (χ0v) is 10.9. The van der Waals surface area contributed by atoms with E-state index in [1.54, 1.807) is 6.92 Å². The van der Waals surface area contributed by atoms with Gasteiger partial charge in [-0.1, -0.05) is 5.16 Å². The third kappa shape index (κ3) is 5.44. The minimum atomic E-state index is -1.09. The van der Waals surface area contributed by atoms with Crippen molar-refractivity contribution in [2.45, 2.75) is 58.5 Å². The summed E-state index contributed by atoms with van der Waals surface area (Å²) in [5.41, 5.74) is -0.163. The Morgan fingerprint density at radius 1 is 1.19 bits per heavy atom. The zero-order chi connectivity index (χ0) is 12.9. The summed E-state index contributed by atoms with van der Waals surface area (Å²) in [7, 11) is 1.51. The zero-order valence-electron chi connectivity index (χ0n) is 10.9. The van der Waals surface area contributed by atoms with Crippen LogP contribution >= 0.6 is 0 Å². The van der Waals surface area contributed by atoms with Crippen LogP contribution in [0.2, 0.25) is 0 Å². The Bertz CT molecular complexity index is 233. The predicted molar refractivity (Wildman–Crippen MR) is 62.4 cm³/mol. The molecule has 0 heterocycles. The summed E-state index contributed by atoms with van der Waals surface area (Å²) in [5.74, 6) is 0. The van der Waals surface area contributed by atoms with Crippen molar-refractivity contribution in [2.24, 2.45) is 5.16 Å². The Balaban J connectivity index is 4.80. The van der Waals surface area contributed by atoms with Gasteiger partial charge in [0.05, 0.1) is 12.2 Å². The Hall–Kier alpha value is -0.650. The first-order chi connectivity index (χ1) is 7.19. The van der Waals surface area contributed by atoms with E-state index in [9.17, 15) is 10.2 Å². The van der Waals surface area contributed by atoms with Crippen molar-refractivity contribution in [2.75, 3.05) is 7.11 Å². The highest BCUT2D eigenvalue weighted by molar-refractivity contribution is 5.92. The lowest BCUT2D eigenvalue weighted by molar-refractivity contribution is -0.00802. The van der Waals surface area contributed by atoms with Gasteiger partial charge in [-0.25, -0.2) is 0 Å². The first kappa shape index (κ1) is 15.3. The molecule has 0 aromatic rings. The first-order valence-corrected chi connectivity index (χ1v) is 5.34. The summed E-state index contributed by atoms with van der Waals surface area (Å²) >= 11 is 0. The van der Waals surface area contributed by atoms with Gasteiger partial charge in [0.2, 0.25) is 0 Å². The highest BCUT2D eigenvalue weighted by Crippen LogP contribution is 2.11. The number of hydrogen-bond acceptors (Lipinski definition) is 5. The standard InChI is InChI=1S/C11H23NO4/c1-7(13)10(14)9(8(2)15-6)12-16-11(3,4)5/h7-8,10,13-14H,1-6H3/b12-9-/t7-,8+,10+/m1/s1. The minimum absolute atomic E-state index is 0.285. The van der Waals surface area contributed by atoms with Gasteiger partial charge in [0.25, 0.3) is 0 Å². The van der Waals surface area contributed by atoms with Crippen LogP contribution in [0.15, 0.2) is 5.16 Å². The lowest BCUT2D eigenvalue weighted by Crippen LogP contribution is -2.39. The van der Waals surface area contributed by atoms with E-state index in [0.29, 0.717) is 0 Å². The Morgan fingerprint density at radius 3 is 2.00 bits per heavy atom. The summed E-state index contributed by atoms with van der Waals surface area (Å²) in [4.78, 5) is 5.22. The summed E-state index contributed by atoms with van der Waals surface area (Å²) in [6, 6.07) is 0. The van der Waals surface area contributed by atoms with E-state index >= 15 is 0 Å². The van der Waals surface area contributed by atoms with Crippen molar-refractivity contribution < 1.29 is 19.8 Å². The van der Waals surface area contributed by atoms with Crippen LogP contribution in [0.5, 0.6) is 0 Å². The molecule has 0 bridgehead atoms. The monoisotopic (exact) mass is 233 g/mol. The van der Waals surface area contributed by atoms with Crippen molar-refractivity contribution in [3.05, 3.63) is 0 Å². The molecule has 5 nitrogen and oxygen atoms in total. The molecule has 0 fully saturated rings. The Labute approximate surface area is 97.1 Å². The van der Waals surface area contributed by atoms with E-state index in [0.717, 1.165) is 0 Å². The molecule has 0 unspecified atom stereocenters. The van der Waals surface area contributed by atoms with Gasteiger partial charge in [0.1, 0.15) is 17.4 Å². The summed E-state index contributed by atoms with van der Waals surface area (Å²) in [6.45, 7) is 8.76. The molecule has 0 saturated heterocycles. The second kappa shape index (κ2) is 6.18. The average molecular weight is 233 g/mol. The van der Waals surface area contributed by atoms with Crippen molar-refractivity contribution in [1.29, 1.82) is 0 Å². The normalized spacial score (nSPS) is 19.1. The third-order valence-corrected chi connectivity index (χ3v) is 1.95. The fraction of sp³-hybridized carbons (Fsp3) is 0.909. The quantitative estimate of drug-likeness (QED) is 0.547. The summed E-state index contributed by atoms with van der Waals surface area (Å²) in [6.07, 6.45) is -2.41. The number of aliphatic hydroxyl groups excluding tert-OH is 2. The molecule has 0 amide bonds. The minimum Gasteiger partial charge on any atom is -0.390 e. The first-order valence-electron chi connectivity index (χ1n) is 5.34. The lowest BCUT2D eigenvalue weighted by Gasteiger charge is -2.23. The van der Waals surface area contributed by atoms with Gasteiger partial charge in [-0.15, -0.1) is 0 Å². The molecule has 0 saturated carbocycles. The van der Waals surface area contributed by atoms with E-state index in [-0.39, 0.29) is 5.71 Å². The number of nitrogens with zero attached hydrogens (tertiary/aromatic N) is 1. The van der Waals surface area contributed by atoms with Gasteiger partial charge in [-0.3, -0.25) is 0 Å². The van der Waals surface area contributed by atoms with Crippen LogP contribution in [-0.2, 0) is 9.57 Å². The number of oxime groups is 1. The van der Waals surface area contributed by atoms with Crippen LogP contribution in [0.3, 0.4) is 0 Å². The maximum Gasteiger partial charge on any atom is 0.129 e. The van der Waals surface area contributed by atoms with E-state index in [1.807, 2.05) is 20.8 Å². The van der Waals surface area contributed by atoms with E-state index in [1.165, 1.54) is 14.0 Å². The topological polar surface area (TPSA) is 71.3 Å². The molecule has 0 aromatic carbocycles. The molecule has 0 aliphatic carbocycles. The molecular weight excluding hydrogens is 210 g/mol. The fourth-order valence-corrected chi connectivity index (χ4v) is 0.926. The number of methoxy groups -OCH3 is 1. The molecular formula is C11H23NO4. The van der Waals surface area contributed by atoms with Gasteiger partial charge in [-0.2, -0.15) is 0 Å². The average Bonchev–Trinajstić information content (AvgIpc) is 2.15. The van der Waals surface area contributed by atoms with Gasteiger partial charge >= 0.3 is 0 Å². The second-order valence-corrected chi connectivity index (χ2v) is 4.78. The Kier molecular flexibility index (Phi) is 5.92. The highest BCUT2D eigenvalue weighted by Gasteiger charge is 2.25. The highest BCUT2D eigenvalue weighted by atomic mass is 16.6. The van der Waals surface area contributed by atoms with Crippen molar-refractivity contribution in [1.82, 2.24) is 0 Å². The predicted octanol–water partition coefficient (Wildman–Crippen LogP) is 0.934. The largest absolute Gasteiger partial charge is 0.390 e. The number of hydrogen-bond donors (Lipinski definition) is 2. The van der Waals surface area contributed by atoms with Crippen LogP contribution in [0.1, 0.15) is 34.6 Å². The van der Waals surface area contributed by atoms with Gasteiger partial charge in [0.15, 0.2) is 0 Å². The number of rotatable bonds is 5. The lowest BCUT2D eigenvalue weighted by atomic mass is 10.1. The molecule has 0 aliphatic rings. The molecule has 0 rings (SSSR count). The van der Waals surface area contributed by atoms with Crippen LogP contribution in [0, 0.1) is 0 Å². The molecule has 96 valence electrons. The van der Waals surface area contributed by atoms with E-state index < -0.39 is 23.9 Å². The van der Waals surface area contributed by atoms with E-state index in [2.05, 4.69) is 5.16 Å². The van der Waals surface area contributed by atoms with Crippen LogP contribution in [0.25, 0.3) is 0 Å². The van der Waals surface area contributed by atoms with Crippen LogP contribution in [0.4, 0.5) is 0 Å². The molecule has 0 aromatic heterocycles. The smallest absolute Gasteiger partial charge is 0.129 e.